The summed E-state index contributed by atoms with van der Waals surface area (Å²) >= 11 is 0. The molecule has 18 heavy (non-hydrogen) atoms. The Hall–Kier alpha value is -1.84. The second kappa shape index (κ2) is 6.79. The normalized spacial score (nSPS) is 11.1. The number of carbonyl (C=O) groups is 1. The van der Waals surface area contributed by atoms with Gasteiger partial charge in [0.1, 0.15) is 0 Å². The summed E-state index contributed by atoms with van der Waals surface area (Å²) in [7, 11) is 0. The van der Waals surface area contributed by atoms with Crippen molar-refractivity contribution in [1.82, 2.24) is 0 Å². The topological polar surface area (TPSA) is 46.5 Å². The molecule has 4 heteroatoms. The van der Waals surface area contributed by atoms with Crippen molar-refractivity contribution in [2.75, 3.05) is 6.61 Å². The van der Waals surface area contributed by atoms with E-state index in [2.05, 4.69) is 13.8 Å². The molecule has 3 nitrogen and oxygen atoms in total. The summed E-state index contributed by atoms with van der Waals surface area (Å²) in [4.78, 5) is 10.5. The highest BCUT2D eigenvalue weighted by Gasteiger charge is 2.08. The number of hydrogen-bond acceptors (Lipinski definition) is 2. The second-order valence-corrected chi connectivity index (χ2v) is 4.36. The van der Waals surface area contributed by atoms with E-state index < -0.39 is 11.8 Å². The first kappa shape index (κ1) is 14.2. The highest BCUT2D eigenvalue weighted by atomic mass is 19.1. The molecule has 1 aromatic carbocycles. The number of aliphatic carboxylic acids is 1. The van der Waals surface area contributed by atoms with Crippen molar-refractivity contribution in [3.05, 3.63) is 35.7 Å². The first-order valence-electron chi connectivity index (χ1n) is 5.83. The summed E-state index contributed by atoms with van der Waals surface area (Å²) in [6.07, 6.45) is 3.11. The van der Waals surface area contributed by atoms with Gasteiger partial charge in [-0.3, -0.25) is 0 Å². The molecule has 1 N–H and O–H groups in total. The van der Waals surface area contributed by atoms with Gasteiger partial charge in [0.25, 0.3) is 0 Å². The second-order valence-electron chi connectivity index (χ2n) is 4.36. The maximum absolute atomic E-state index is 13.6. The Labute approximate surface area is 106 Å². The van der Waals surface area contributed by atoms with E-state index in [4.69, 9.17) is 9.84 Å². The van der Waals surface area contributed by atoms with Crippen molar-refractivity contribution >= 4 is 12.0 Å². The van der Waals surface area contributed by atoms with E-state index in [1.54, 1.807) is 6.07 Å². The Morgan fingerprint density at radius 3 is 2.83 bits per heavy atom. The van der Waals surface area contributed by atoms with Gasteiger partial charge in [-0.05, 0) is 24.5 Å². The largest absolute Gasteiger partial charge is 0.490 e. The number of para-hydroxylation sites is 1. The number of carboxylic acids is 1. The maximum atomic E-state index is 13.6. The Balaban J connectivity index is 2.83. The van der Waals surface area contributed by atoms with E-state index in [1.807, 2.05) is 0 Å². The molecule has 98 valence electrons. The fourth-order valence-electron chi connectivity index (χ4n) is 1.37. The van der Waals surface area contributed by atoms with Crippen LogP contribution in [0.3, 0.4) is 0 Å². The molecule has 0 heterocycles. The van der Waals surface area contributed by atoms with Gasteiger partial charge >= 0.3 is 5.97 Å². The Morgan fingerprint density at radius 1 is 1.50 bits per heavy atom. The van der Waals surface area contributed by atoms with Crippen LogP contribution in [0.25, 0.3) is 6.08 Å². The van der Waals surface area contributed by atoms with Crippen LogP contribution >= 0.6 is 0 Å². The van der Waals surface area contributed by atoms with Gasteiger partial charge in [0, 0.05) is 11.6 Å². The highest BCUT2D eigenvalue weighted by molar-refractivity contribution is 5.85. The molecule has 0 aliphatic heterocycles. The summed E-state index contributed by atoms with van der Waals surface area (Å²) in [5, 5.41) is 8.56. The summed E-state index contributed by atoms with van der Waals surface area (Å²) < 4.78 is 19.0. The lowest BCUT2D eigenvalue weighted by Gasteiger charge is -2.11. The molecule has 0 aliphatic rings. The molecule has 1 aromatic rings. The predicted octanol–water partition coefficient (Wildman–Crippen LogP) is 3.35. The molecule has 0 saturated heterocycles. The van der Waals surface area contributed by atoms with Crippen LogP contribution < -0.4 is 4.74 Å². The molecule has 0 saturated carbocycles. The number of carboxylic acid groups (broad SMARTS) is 1. The third-order valence-corrected chi connectivity index (χ3v) is 2.34. The van der Waals surface area contributed by atoms with Crippen molar-refractivity contribution < 1.29 is 19.0 Å². The van der Waals surface area contributed by atoms with Crippen LogP contribution in [0.4, 0.5) is 4.39 Å². The molecule has 0 amide bonds. The first-order valence-corrected chi connectivity index (χ1v) is 5.83. The highest BCUT2D eigenvalue weighted by Crippen LogP contribution is 2.24. The van der Waals surface area contributed by atoms with Crippen LogP contribution in [-0.2, 0) is 4.79 Å². The summed E-state index contributed by atoms with van der Waals surface area (Å²) in [6, 6.07) is 4.43. The number of rotatable bonds is 6. The number of ether oxygens (including phenoxy) is 1. The zero-order valence-electron chi connectivity index (χ0n) is 10.5. The first-order chi connectivity index (χ1) is 8.50. The lowest BCUT2D eigenvalue weighted by atomic mass is 10.1. The number of halogens is 1. The van der Waals surface area contributed by atoms with Crippen LogP contribution in [0.2, 0.25) is 0 Å². The van der Waals surface area contributed by atoms with E-state index in [9.17, 15) is 9.18 Å². The van der Waals surface area contributed by atoms with E-state index in [1.165, 1.54) is 18.2 Å². The molecule has 0 aromatic heterocycles. The third kappa shape index (κ3) is 4.57. The quantitative estimate of drug-likeness (QED) is 0.790. The van der Waals surface area contributed by atoms with Gasteiger partial charge in [-0.25, -0.2) is 9.18 Å². The SMILES string of the molecule is CC(C)CCOc1c(F)cccc1/C=C/C(=O)O. The van der Waals surface area contributed by atoms with Crippen molar-refractivity contribution in [2.45, 2.75) is 20.3 Å². The number of hydrogen-bond donors (Lipinski definition) is 1. The van der Waals surface area contributed by atoms with E-state index in [0.29, 0.717) is 18.1 Å². The molecule has 1 rings (SSSR count). The fourth-order valence-corrected chi connectivity index (χ4v) is 1.37. The van der Waals surface area contributed by atoms with Gasteiger partial charge in [0.2, 0.25) is 0 Å². The zero-order valence-corrected chi connectivity index (χ0v) is 10.5. The van der Waals surface area contributed by atoms with Crippen LogP contribution in [0.5, 0.6) is 5.75 Å². The number of benzene rings is 1. The van der Waals surface area contributed by atoms with Crippen molar-refractivity contribution in [1.29, 1.82) is 0 Å². The maximum Gasteiger partial charge on any atom is 0.328 e. The van der Waals surface area contributed by atoms with Crippen molar-refractivity contribution in [2.24, 2.45) is 5.92 Å². The molecule has 0 spiro atoms. The lowest BCUT2D eigenvalue weighted by Crippen LogP contribution is -2.04. The lowest BCUT2D eigenvalue weighted by molar-refractivity contribution is -0.131. The minimum Gasteiger partial charge on any atom is -0.490 e. The molecular weight excluding hydrogens is 235 g/mol. The van der Waals surface area contributed by atoms with Crippen molar-refractivity contribution in [3.8, 4) is 5.75 Å². The molecular formula is C14H17FO3. The van der Waals surface area contributed by atoms with E-state index in [-0.39, 0.29) is 5.75 Å². The molecule has 0 atom stereocenters. The van der Waals surface area contributed by atoms with Crippen LogP contribution in [0, 0.1) is 11.7 Å². The van der Waals surface area contributed by atoms with Crippen molar-refractivity contribution in [3.63, 3.8) is 0 Å². The van der Waals surface area contributed by atoms with Gasteiger partial charge in [0.15, 0.2) is 11.6 Å². The average Bonchev–Trinajstić information content (AvgIpc) is 2.28. The Morgan fingerprint density at radius 2 is 2.22 bits per heavy atom. The summed E-state index contributed by atoms with van der Waals surface area (Å²) in [5.41, 5.74) is 0.432. The van der Waals surface area contributed by atoms with Gasteiger partial charge < -0.3 is 9.84 Å². The molecule has 0 aliphatic carbocycles. The Bertz CT molecular complexity index is 439. The molecule has 0 radical (unpaired) electrons. The minimum absolute atomic E-state index is 0.107. The van der Waals surface area contributed by atoms with Crippen LogP contribution in [0.1, 0.15) is 25.8 Å². The van der Waals surface area contributed by atoms with Gasteiger partial charge in [-0.15, -0.1) is 0 Å². The minimum atomic E-state index is -1.08. The average molecular weight is 252 g/mol. The fraction of sp³-hybridized carbons (Fsp3) is 0.357. The summed E-state index contributed by atoms with van der Waals surface area (Å²) in [6.45, 7) is 4.51. The van der Waals surface area contributed by atoms with Gasteiger partial charge in [-0.1, -0.05) is 26.0 Å². The standard InChI is InChI=1S/C14H17FO3/c1-10(2)8-9-18-14-11(6-7-13(16)17)4-3-5-12(14)15/h3-7,10H,8-9H2,1-2H3,(H,16,17)/b7-6+. The third-order valence-electron chi connectivity index (χ3n) is 2.34. The summed E-state index contributed by atoms with van der Waals surface area (Å²) in [5.74, 6) is -0.982. The van der Waals surface area contributed by atoms with E-state index in [0.717, 1.165) is 12.5 Å². The molecule has 0 unspecified atom stereocenters. The Kier molecular flexibility index (Phi) is 5.36. The van der Waals surface area contributed by atoms with Gasteiger partial charge in [-0.2, -0.15) is 0 Å². The van der Waals surface area contributed by atoms with Crippen LogP contribution in [0.15, 0.2) is 24.3 Å². The zero-order chi connectivity index (χ0) is 13.5. The molecule has 0 fully saturated rings. The van der Waals surface area contributed by atoms with E-state index >= 15 is 0 Å². The van der Waals surface area contributed by atoms with Gasteiger partial charge in [0.05, 0.1) is 6.61 Å². The molecule has 0 bridgehead atoms. The van der Waals surface area contributed by atoms with Crippen LogP contribution in [-0.4, -0.2) is 17.7 Å². The predicted molar refractivity (Wildman–Crippen MR) is 68.0 cm³/mol. The monoisotopic (exact) mass is 252 g/mol. The smallest absolute Gasteiger partial charge is 0.328 e.